The minimum Gasteiger partial charge on any atom is -0.361 e. The molecule has 2 N–H and O–H groups in total. The van der Waals surface area contributed by atoms with E-state index < -0.39 is 0 Å². The third kappa shape index (κ3) is 2.61. The highest BCUT2D eigenvalue weighted by Crippen LogP contribution is 2.40. The van der Waals surface area contributed by atoms with Gasteiger partial charge in [-0.15, -0.1) is 0 Å². The molecule has 7 nitrogen and oxygen atoms in total. The molecule has 1 amide bonds. The number of nitrogens with one attached hydrogen (secondary N) is 2. The van der Waals surface area contributed by atoms with Crippen molar-refractivity contribution in [2.75, 3.05) is 11.9 Å². The van der Waals surface area contributed by atoms with Gasteiger partial charge >= 0.3 is 5.69 Å². The maximum Gasteiger partial charge on any atom is 0.323 e. The maximum absolute atomic E-state index is 12.2. The van der Waals surface area contributed by atoms with E-state index in [-0.39, 0.29) is 11.6 Å². The normalized spacial score (nSPS) is 13.9. The first-order valence-electron chi connectivity index (χ1n) is 9.52. The van der Waals surface area contributed by atoms with Crippen molar-refractivity contribution in [2.45, 2.75) is 26.7 Å². The van der Waals surface area contributed by atoms with Crippen LogP contribution >= 0.6 is 0 Å². The van der Waals surface area contributed by atoms with E-state index in [9.17, 15) is 9.59 Å². The van der Waals surface area contributed by atoms with Crippen LogP contribution in [0.25, 0.3) is 33.3 Å². The smallest absolute Gasteiger partial charge is 0.323 e. The van der Waals surface area contributed by atoms with Crippen molar-refractivity contribution in [2.24, 2.45) is 0 Å². The number of nitrogens with zero attached hydrogens (tertiary/aromatic N) is 2. The van der Waals surface area contributed by atoms with Crippen LogP contribution in [0, 0.1) is 13.8 Å². The summed E-state index contributed by atoms with van der Waals surface area (Å²) in [6.07, 6.45) is 1.14. The lowest BCUT2D eigenvalue weighted by Crippen LogP contribution is -2.31. The summed E-state index contributed by atoms with van der Waals surface area (Å²) in [6, 6.07) is 9.95. The molecule has 1 aliphatic rings. The van der Waals surface area contributed by atoms with E-state index in [1.54, 1.807) is 11.9 Å². The highest BCUT2D eigenvalue weighted by atomic mass is 16.5. The highest BCUT2D eigenvalue weighted by Gasteiger charge is 2.25. The number of aromatic nitrogens is 3. The molecule has 2 aromatic carbocycles. The molecule has 0 saturated carbocycles. The molecular formula is C22H20N4O3. The van der Waals surface area contributed by atoms with Crippen LogP contribution in [0.4, 0.5) is 5.69 Å². The molecule has 0 aliphatic carbocycles. The molecule has 3 heterocycles. The summed E-state index contributed by atoms with van der Waals surface area (Å²) in [5.74, 6) is 0.838. The zero-order valence-corrected chi connectivity index (χ0v) is 16.4. The van der Waals surface area contributed by atoms with Crippen molar-refractivity contribution in [3.05, 3.63) is 57.8 Å². The monoisotopic (exact) mass is 388 g/mol. The van der Waals surface area contributed by atoms with Crippen LogP contribution in [0.3, 0.4) is 0 Å². The number of hydrogen-bond acceptors (Lipinski definition) is 4. The fourth-order valence-electron chi connectivity index (χ4n) is 4.33. The minimum atomic E-state index is -0.255. The third-order valence-corrected chi connectivity index (χ3v) is 5.71. The molecule has 7 heteroatoms. The molecule has 2 aromatic heterocycles. The number of benzene rings is 2. The molecule has 0 saturated heterocycles. The Morgan fingerprint density at radius 3 is 2.66 bits per heavy atom. The van der Waals surface area contributed by atoms with Gasteiger partial charge in [0.15, 0.2) is 0 Å². The average Bonchev–Trinajstić information content (AvgIpc) is 3.24. The first kappa shape index (κ1) is 17.5. The molecule has 29 heavy (non-hydrogen) atoms. The van der Waals surface area contributed by atoms with Gasteiger partial charge in [-0.3, -0.25) is 4.79 Å². The van der Waals surface area contributed by atoms with Gasteiger partial charge in [0.2, 0.25) is 5.91 Å². The number of imidazole rings is 1. The zero-order valence-electron chi connectivity index (χ0n) is 16.4. The summed E-state index contributed by atoms with van der Waals surface area (Å²) in [7, 11) is 1.80. The van der Waals surface area contributed by atoms with Gasteiger partial charge < -0.3 is 19.4 Å². The average molecular weight is 388 g/mol. The summed E-state index contributed by atoms with van der Waals surface area (Å²) < 4.78 is 5.36. The number of carbonyl (C=O) groups excluding carboxylic acids is 1. The number of hydrogen-bond donors (Lipinski definition) is 2. The largest absolute Gasteiger partial charge is 0.361 e. The van der Waals surface area contributed by atoms with Crippen LogP contribution in [-0.4, -0.2) is 28.1 Å². The number of fused-ring (bicyclic) bond motifs is 2. The molecule has 0 fully saturated rings. The molecular weight excluding hydrogens is 368 g/mol. The number of amides is 1. The fraction of sp³-hybridized carbons (Fsp3) is 0.227. The van der Waals surface area contributed by atoms with E-state index >= 15 is 0 Å². The lowest BCUT2D eigenvalue weighted by molar-refractivity contribution is -0.118. The molecule has 0 unspecified atom stereocenters. The van der Waals surface area contributed by atoms with Gasteiger partial charge in [0, 0.05) is 30.3 Å². The Balaban J connectivity index is 1.83. The topological polar surface area (TPSA) is 95.0 Å². The summed E-state index contributed by atoms with van der Waals surface area (Å²) in [6.45, 7) is 3.78. The number of aromatic amines is 2. The highest BCUT2D eigenvalue weighted by molar-refractivity contribution is 6.01. The third-order valence-electron chi connectivity index (χ3n) is 5.71. The first-order valence-corrected chi connectivity index (χ1v) is 9.52. The number of rotatable bonds is 2. The SMILES string of the molecule is Cc1noc(C)c1-c1cc(-c2cccc3c2CCC(=O)N3C)c2[nH]c(=O)[nH]c2c1. The van der Waals surface area contributed by atoms with Crippen molar-refractivity contribution in [1.82, 2.24) is 15.1 Å². The number of anilines is 1. The maximum atomic E-state index is 12.2. The second-order valence-electron chi connectivity index (χ2n) is 7.48. The summed E-state index contributed by atoms with van der Waals surface area (Å²) in [5, 5.41) is 4.07. The summed E-state index contributed by atoms with van der Waals surface area (Å²) in [4.78, 5) is 31.8. The van der Waals surface area contributed by atoms with Crippen molar-refractivity contribution in [3.8, 4) is 22.3 Å². The second-order valence-corrected chi connectivity index (χ2v) is 7.48. The van der Waals surface area contributed by atoms with Crippen LogP contribution in [-0.2, 0) is 11.2 Å². The number of H-pyrrole nitrogens is 2. The lowest BCUT2D eigenvalue weighted by atomic mass is 9.89. The Kier molecular flexibility index (Phi) is 3.74. The Hall–Kier alpha value is -3.61. The van der Waals surface area contributed by atoms with Crippen LogP contribution in [0.1, 0.15) is 23.4 Å². The van der Waals surface area contributed by atoms with Gasteiger partial charge in [0.05, 0.1) is 16.7 Å². The predicted octanol–water partition coefficient (Wildman–Crippen LogP) is 3.70. The molecule has 1 aliphatic heterocycles. The van der Waals surface area contributed by atoms with Gasteiger partial charge in [-0.05, 0) is 55.2 Å². The Morgan fingerprint density at radius 1 is 1.07 bits per heavy atom. The first-order chi connectivity index (χ1) is 13.9. The Bertz CT molecular complexity index is 1320. The van der Waals surface area contributed by atoms with Gasteiger partial charge in [-0.1, -0.05) is 17.3 Å². The van der Waals surface area contributed by atoms with E-state index in [0.717, 1.165) is 56.0 Å². The molecule has 5 rings (SSSR count). The Labute approximate surface area is 166 Å². The van der Waals surface area contributed by atoms with Gasteiger partial charge in [-0.25, -0.2) is 4.79 Å². The Morgan fingerprint density at radius 2 is 1.90 bits per heavy atom. The molecule has 0 atom stereocenters. The van der Waals surface area contributed by atoms with E-state index in [4.69, 9.17) is 4.52 Å². The molecule has 146 valence electrons. The van der Waals surface area contributed by atoms with Crippen molar-refractivity contribution in [1.29, 1.82) is 0 Å². The lowest BCUT2D eigenvalue weighted by Gasteiger charge is -2.27. The summed E-state index contributed by atoms with van der Waals surface area (Å²) >= 11 is 0. The standard InChI is InChI=1S/C22H20N4O3/c1-11-20(12(2)29-25-11)13-9-16(21-17(10-13)23-22(28)24-21)14-5-4-6-18-15(14)7-8-19(27)26(18)3/h4-6,9-10H,7-8H2,1-3H3,(H2,23,24,28). The van der Waals surface area contributed by atoms with Gasteiger partial charge in [0.25, 0.3) is 0 Å². The van der Waals surface area contributed by atoms with E-state index in [1.165, 1.54) is 0 Å². The van der Waals surface area contributed by atoms with Gasteiger partial charge in [0.1, 0.15) is 5.76 Å². The van der Waals surface area contributed by atoms with E-state index in [1.807, 2.05) is 38.1 Å². The van der Waals surface area contributed by atoms with Crippen LogP contribution in [0.15, 0.2) is 39.6 Å². The summed E-state index contributed by atoms with van der Waals surface area (Å²) in [5.41, 5.74) is 7.80. The molecule has 0 spiro atoms. The minimum absolute atomic E-state index is 0.110. The van der Waals surface area contributed by atoms with Gasteiger partial charge in [-0.2, -0.15) is 0 Å². The number of aryl methyl sites for hydroxylation is 2. The quantitative estimate of drug-likeness (QED) is 0.547. The zero-order chi connectivity index (χ0) is 20.3. The molecule has 0 radical (unpaired) electrons. The second kappa shape index (κ2) is 6.20. The van der Waals surface area contributed by atoms with E-state index in [2.05, 4.69) is 21.2 Å². The van der Waals surface area contributed by atoms with Crippen molar-refractivity contribution >= 4 is 22.6 Å². The fourth-order valence-corrected chi connectivity index (χ4v) is 4.33. The number of carbonyl (C=O) groups is 1. The van der Waals surface area contributed by atoms with Crippen molar-refractivity contribution in [3.63, 3.8) is 0 Å². The molecule has 0 bridgehead atoms. The van der Waals surface area contributed by atoms with Crippen LogP contribution in [0.5, 0.6) is 0 Å². The van der Waals surface area contributed by atoms with Crippen LogP contribution < -0.4 is 10.6 Å². The molecule has 4 aromatic rings. The van der Waals surface area contributed by atoms with E-state index in [0.29, 0.717) is 12.8 Å². The van der Waals surface area contributed by atoms with Crippen molar-refractivity contribution < 1.29 is 9.32 Å². The predicted molar refractivity (Wildman–Crippen MR) is 111 cm³/mol. The van der Waals surface area contributed by atoms with Crippen LogP contribution in [0.2, 0.25) is 0 Å².